The lowest BCUT2D eigenvalue weighted by atomic mass is 9.94. The zero-order valence-corrected chi connectivity index (χ0v) is 19.3. The molecule has 0 heterocycles. The van der Waals surface area contributed by atoms with Gasteiger partial charge in [-0.3, -0.25) is 9.59 Å². The number of aliphatic carboxylic acids is 1. The van der Waals surface area contributed by atoms with Crippen molar-refractivity contribution >= 4 is 28.8 Å². The molecule has 1 unspecified atom stereocenters. The van der Waals surface area contributed by atoms with Crippen molar-refractivity contribution in [2.24, 2.45) is 5.92 Å². The van der Waals surface area contributed by atoms with Gasteiger partial charge in [-0.15, -0.1) is 0 Å². The number of hydrogen-bond donors (Lipinski definition) is 2. The summed E-state index contributed by atoms with van der Waals surface area (Å²) in [5, 5.41) is 12.5. The van der Waals surface area contributed by atoms with E-state index in [4.69, 9.17) is 0 Å². The van der Waals surface area contributed by atoms with Crippen molar-refractivity contribution in [3.05, 3.63) is 96.1 Å². The molecule has 170 valence electrons. The maximum absolute atomic E-state index is 13.1. The van der Waals surface area contributed by atoms with Crippen LogP contribution in [-0.2, 0) is 27.2 Å². The fourth-order valence-corrected chi connectivity index (χ4v) is 4.36. The van der Waals surface area contributed by atoms with Gasteiger partial charge in [-0.1, -0.05) is 96.7 Å². The second kappa shape index (κ2) is 12.0. The minimum Gasteiger partial charge on any atom is -0.480 e. The smallest absolute Gasteiger partial charge is 0.326 e. The largest absolute Gasteiger partial charge is 0.480 e. The molecule has 3 aromatic rings. The van der Waals surface area contributed by atoms with Crippen LogP contribution in [0.25, 0.3) is 11.1 Å². The predicted octanol–water partition coefficient (Wildman–Crippen LogP) is 4.60. The lowest BCUT2D eigenvalue weighted by Gasteiger charge is -2.21. The molecule has 1 amide bonds. The summed E-state index contributed by atoms with van der Waals surface area (Å²) in [7, 11) is 0. The van der Waals surface area contributed by atoms with Crippen LogP contribution in [0.4, 0.5) is 0 Å². The second-order valence-electron chi connectivity index (χ2n) is 7.82. The first-order valence-corrected chi connectivity index (χ1v) is 11.8. The Morgan fingerprint density at radius 3 is 2.09 bits per heavy atom. The summed E-state index contributed by atoms with van der Waals surface area (Å²) in [5.74, 6) is -1.68. The van der Waals surface area contributed by atoms with Crippen LogP contribution in [0.3, 0.4) is 0 Å². The molecule has 0 aliphatic carbocycles. The number of carboxylic acid groups (broad SMARTS) is 1. The Morgan fingerprint density at radius 1 is 0.848 bits per heavy atom. The summed E-state index contributed by atoms with van der Waals surface area (Å²) in [5.41, 5.74) is 3.73. The summed E-state index contributed by atoms with van der Waals surface area (Å²) < 4.78 is 0. The second-order valence-corrected chi connectivity index (χ2v) is 9.01. The van der Waals surface area contributed by atoms with Crippen molar-refractivity contribution in [2.45, 2.75) is 25.8 Å². The standard InChI is InChI=1S/C27H27NO4S/c1-19(29)33-18-23(16-20-10-4-2-5-11-20)26(30)28-25(27(31)32)17-22-14-8-9-15-24(22)21-12-6-3-7-13-21/h2-15,23,25H,16-18H2,1H3,(H,28,30)(H,31,32)/t23?,25-/m0/s1. The average Bonchev–Trinajstić information content (AvgIpc) is 2.82. The van der Waals surface area contributed by atoms with E-state index in [9.17, 15) is 19.5 Å². The molecular weight excluding hydrogens is 434 g/mol. The number of carbonyl (C=O) groups is 3. The van der Waals surface area contributed by atoms with Crippen molar-refractivity contribution < 1.29 is 19.5 Å². The van der Waals surface area contributed by atoms with Crippen molar-refractivity contribution in [2.75, 3.05) is 5.75 Å². The van der Waals surface area contributed by atoms with E-state index in [-0.39, 0.29) is 17.4 Å². The molecule has 33 heavy (non-hydrogen) atoms. The fourth-order valence-electron chi connectivity index (χ4n) is 3.65. The SMILES string of the molecule is CC(=O)SCC(Cc1ccccc1)C(=O)N[C@@H](Cc1ccccc1-c1ccccc1)C(=O)O. The van der Waals surface area contributed by atoms with Gasteiger partial charge in [0.1, 0.15) is 6.04 Å². The highest BCUT2D eigenvalue weighted by Crippen LogP contribution is 2.25. The van der Waals surface area contributed by atoms with Gasteiger partial charge in [0.15, 0.2) is 5.12 Å². The highest BCUT2D eigenvalue weighted by molar-refractivity contribution is 8.13. The average molecular weight is 462 g/mol. The van der Waals surface area contributed by atoms with Gasteiger partial charge in [0.2, 0.25) is 5.91 Å². The van der Waals surface area contributed by atoms with Gasteiger partial charge in [-0.25, -0.2) is 4.79 Å². The minimum atomic E-state index is -1.09. The Hall–Kier alpha value is -3.38. The van der Waals surface area contributed by atoms with Gasteiger partial charge in [0, 0.05) is 19.1 Å². The van der Waals surface area contributed by atoms with Gasteiger partial charge in [-0.2, -0.15) is 0 Å². The van der Waals surface area contributed by atoms with E-state index in [0.29, 0.717) is 12.2 Å². The third-order valence-corrected chi connectivity index (χ3v) is 6.30. The van der Waals surface area contributed by atoms with Crippen molar-refractivity contribution in [3.63, 3.8) is 0 Å². The molecule has 0 spiro atoms. The highest BCUT2D eigenvalue weighted by atomic mass is 32.2. The number of rotatable bonds is 10. The molecule has 0 radical (unpaired) electrons. The summed E-state index contributed by atoms with van der Waals surface area (Å²) in [6.45, 7) is 1.46. The molecule has 0 aliphatic rings. The van der Waals surface area contributed by atoms with Gasteiger partial charge in [0.05, 0.1) is 5.92 Å². The Balaban J connectivity index is 1.78. The first kappa shape index (κ1) is 24.3. The zero-order valence-electron chi connectivity index (χ0n) is 18.4. The van der Waals surface area contributed by atoms with Crippen LogP contribution in [0.1, 0.15) is 18.1 Å². The van der Waals surface area contributed by atoms with E-state index in [2.05, 4.69) is 5.32 Å². The highest BCUT2D eigenvalue weighted by Gasteiger charge is 2.27. The molecule has 0 aliphatic heterocycles. The fraction of sp³-hybridized carbons (Fsp3) is 0.222. The number of hydrogen-bond acceptors (Lipinski definition) is 4. The van der Waals surface area contributed by atoms with E-state index in [1.807, 2.05) is 84.9 Å². The molecule has 2 atom stereocenters. The van der Waals surface area contributed by atoms with Crippen LogP contribution in [-0.4, -0.2) is 33.9 Å². The lowest BCUT2D eigenvalue weighted by molar-refractivity contribution is -0.142. The number of benzene rings is 3. The molecule has 3 rings (SSSR count). The predicted molar refractivity (Wildman–Crippen MR) is 132 cm³/mol. The normalized spacial score (nSPS) is 12.5. The minimum absolute atomic E-state index is 0.0764. The van der Waals surface area contributed by atoms with Crippen LogP contribution >= 0.6 is 11.8 Å². The van der Waals surface area contributed by atoms with Crippen molar-refractivity contribution in [1.82, 2.24) is 5.32 Å². The maximum Gasteiger partial charge on any atom is 0.326 e. The third kappa shape index (κ3) is 7.32. The Kier molecular flexibility index (Phi) is 8.84. The molecule has 0 saturated carbocycles. The summed E-state index contributed by atoms with van der Waals surface area (Å²) in [6, 6.07) is 25.8. The quantitative estimate of drug-likeness (QED) is 0.461. The Bertz CT molecular complexity index is 1090. The molecule has 3 aromatic carbocycles. The van der Waals surface area contributed by atoms with Crippen molar-refractivity contribution in [1.29, 1.82) is 0 Å². The monoisotopic (exact) mass is 461 g/mol. The summed E-state index contributed by atoms with van der Waals surface area (Å²) >= 11 is 1.08. The molecule has 0 aromatic heterocycles. The lowest BCUT2D eigenvalue weighted by Crippen LogP contribution is -2.46. The molecule has 6 heteroatoms. The summed E-state index contributed by atoms with van der Waals surface area (Å²) in [4.78, 5) is 36.7. The van der Waals surface area contributed by atoms with Crippen LogP contribution in [0.15, 0.2) is 84.9 Å². The van der Waals surface area contributed by atoms with Crippen LogP contribution in [0, 0.1) is 5.92 Å². The zero-order chi connectivity index (χ0) is 23.6. The number of nitrogens with one attached hydrogen (secondary N) is 1. The van der Waals surface area contributed by atoms with Crippen molar-refractivity contribution in [3.8, 4) is 11.1 Å². The molecule has 5 nitrogen and oxygen atoms in total. The Labute approximate surface area is 198 Å². The molecular formula is C27H27NO4S. The first-order valence-electron chi connectivity index (χ1n) is 10.8. The number of thioether (sulfide) groups is 1. The molecule has 2 N–H and O–H groups in total. The van der Waals surface area contributed by atoms with Gasteiger partial charge >= 0.3 is 5.97 Å². The Morgan fingerprint density at radius 2 is 1.45 bits per heavy atom. The van der Waals surface area contributed by atoms with E-state index in [1.165, 1.54) is 6.92 Å². The van der Waals surface area contributed by atoms with Crippen LogP contribution in [0.2, 0.25) is 0 Å². The van der Waals surface area contributed by atoms with E-state index in [0.717, 1.165) is 34.0 Å². The third-order valence-electron chi connectivity index (χ3n) is 5.32. The van der Waals surface area contributed by atoms with Gasteiger partial charge in [0.25, 0.3) is 0 Å². The maximum atomic E-state index is 13.1. The number of carbonyl (C=O) groups excluding carboxylic acids is 2. The number of amides is 1. The summed E-state index contributed by atoms with van der Waals surface area (Å²) in [6.07, 6.45) is 0.587. The van der Waals surface area contributed by atoms with Crippen LogP contribution in [0.5, 0.6) is 0 Å². The van der Waals surface area contributed by atoms with Gasteiger partial charge < -0.3 is 10.4 Å². The van der Waals surface area contributed by atoms with E-state index < -0.39 is 17.9 Å². The van der Waals surface area contributed by atoms with Crippen LogP contribution < -0.4 is 5.32 Å². The molecule has 0 saturated heterocycles. The van der Waals surface area contributed by atoms with Gasteiger partial charge in [-0.05, 0) is 28.7 Å². The molecule has 0 fully saturated rings. The molecule has 0 bridgehead atoms. The first-order chi connectivity index (χ1) is 15.9. The van der Waals surface area contributed by atoms with E-state index >= 15 is 0 Å². The number of carboxylic acids is 1. The van der Waals surface area contributed by atoms with E-state index in [1.54, 1.807) is 0 Å². The topological polar surface area (TPSA) is 83.5 Å².